The first kappa shape index (κ1) is 37.2. The van der Waals surface area contributed by atoms with Crippen LogP contribution in [-0.4, -0.2) is 9.97 Å². The summed E-state index contributed by atoms with van der Waals surface area (Å²) in [6, 6.07) is 80.7. The van der Waals surface area contributed by atoms with Crippen molar-refractivity contribution in [1.29, 1.82) is 0 Å². The standard InChI is InChI=1S/C64H42N2/c1-63(2)56-26-14-22-51(61(56)52-35-40-17-6-7-18-41(40)36-57(52)63)60-38-59(65-62(66-60)39-15-4-3-5-16-39)46-30-29-42-33-43(27-28-44(42)34-46)45-31-32-50-49-21-10-13-25-55(49)64(58(50)37-45)53-23-11-8-19-47(53)48-20-9-12-24-54(48)64/h3-38H,1-2H3. The maximum Gasteiger partial charge on any atom is 0.160 e. The largest absolute Gasteiger partial charge is 0.228 e. The van der Waals surface area contributed by atoms with Gasteiger partial charge in [-0.15, -0.1) is 0 Å². The van der Waals surface area contributed by atoms with Crippen molar-refractivity contribution in [2.75, 3.05) is 0 Å². The van der Waals surface area contributed by atoms with Crippen molar-refractivity contribution in [3.63, 3.8) is 0 Å². The van der Waals surface area contributed by atoms with Crippen LogP contribution in [0.15, 0.2) is 218 Å². The van der Waals surface area contributed by atoms with Crippen LogP contribution in [0.2, 0.25) is 0 Å². The van der Waals surface area contributed by atoms with Gasteiger partial charge in [0.15, 0.2) is 5.82 Å². The van der Waals surface area contributed by atoms with Gasteiger partial charge in [0.25, 0.3) is 0 Å². The third-order valence-corrected chi connectivity index (χ3v) is 15.1. The molecule has 0 fully saturated rings. The van der Waals surface area contributed by atoms with Crippen LogP contribution < -0.4 is 0 Å². The fraction of sp³-hybridized carbons (Fsp3) is 0.0625. The molecule has 0 N–H and O–H groups in total. The molecular weight excluding hydrogens is 797 g/mol. The summed E-state index contributed by atoms with van der Waals surface area (Å²) < 4.78 is 0. The monoisotopic (exact) mass is 838 g/mol. The van der Waals surface area contributed by atoms with Gasteiger partial charge in [-0.25, -0.2) is 9.97 Å². The molecule has 2 nitrogen and oxygen atoms in total. The number of aromatic nitrogens is 2. The normalized spacial score (nSPS) is 14.2. The lowest BCUT2D eigenvalue weighted by Crippen LogP contribution is -2.25. The first-order chi connectivity index (χ1) is 32.4. The van der Waals surface area contributed by atoms with Crippen molar-refractivity contribution in [3.8, 4) is 78.4 Å². The fourth-order valence-electron chi connectivity index (χ4n) is 12.0. The zero-order chi connectivity index (χ0) is 43.7. The van der Waals surface area contributed by atoms with Gasteiger partial charge in [-0.1, -0.05) is 196 Å². The van der Waals surface area contributed by atoms with Crippen LogP contribution in [0.3, 0.4) is 0 Å². The minimum Gasteiger partial charge on any atom is -0.228 e. The molecule has 0 unspecified atom stereocenters. The SMILES string of the molecule is CC1(C)c2cc3ccccc3cc2-c2c(-c3cc(-c4ccc5cc(-c6ccc7c(c6)C6(c8ccccc8-c8ccccc86)c6ccccc6-7)ccc5c4)nc(-c4ccccc4)n3)cccc21. The van der Waals surface area contributed by atoms with Gasteiger partial charge in [0, 0.05) is 22.1 Å². The van der Waals surface area contributed by atoms with E-state index in [4.69, 9.17) is 9.97 Å². The number of hydrogen-bond acceptors (Lipinski definition) is 2. The molecule has 1 aromatic heterocycles. The van der Waals surface area contributed by atoms with E-state index in [1.165, 1.54) is 99.4 Å². The molecule has 10 aromatic carbocycles. The molecule has 1 heterocycles. The zero-order valence-electron chi connectivity index (χ0n) is 36.7. The van der Waals surface area contributed by atoms with E-state index in [9.17, 15) is 0 Å². The Labute approximate surface area is 384 Å². The Hall–Kier alpha value is -8.20. The van der Waals surface area contributed by atoms with Crippen molar-refractivity contribution in [1.82, 2.24) is 9.97 Å². The van der Waals surface area contributed by atoms with E-state index < -0.39 is 0 Å². The van der Waals surface area contributed by atoms with E-state index in [0.717, 1.165) is 33.9 Å². The molecule has 11 aromatic rings. The minimum atomic E-state index is -0.371. The Bertz CT molecular complexity index is 3790. The highest BCUT2D eigenvalue weighted by molar-refractivity contribution is 6.00. The Morgan fingerprint density at radius 2 is 0.788 bits per heavy atom. The Morgan fingerprint density at radius 1 is 0.288 bits per heavy atom. The second kappa shape index (κ2) is 13.7. The van der Waals surface area contributed by atoms with Crippen LogP contribution in [0.5, 0.6) is 0 Å². The summed E-state index contributed by atoms with van der Waals surface area (Å²) >= 11 is 0. The average molecular weight is 839 g/mol. The molecule has 14 rings (SSSR count). The lowest BCUT2D eigenvalue weighted by atomic mass is 9.70. The van der Waals surface area contributed by atoms with Gasteiger partial charge in [0.1, 0.15) is 0 Å². The topological polar surface area (TPSA) is 25.8 Å². The van der Waals surface area contributed by atoms with Gasteiger partial charge < -0.3 is 0 Å². The predicted octanol–water partition coefficient (Wildman–Crippen LogP) is 16.1. The molecule has 0 saturated heterocycles. The van der Waals surface area contributed by atoms with Crippen molar-refractivity contribution in [2.24, 2.45) is 0 Å². The molecule has 3 aliphatic rings. The molecule has 1 spiro atoms. The van der Waals surface area contributed by atoms with Gasteiger partial charge in [-0.3, -0.25) is 0 Å². The summed E-state index contributed by atoms with van der Waals surface area (Å²) in [5.74, 6) is 0.719. The molecule has 0 aliphatic heterocycles. The Morgan fingerprint density at radius 3 is 1.48 bits per heavy atom. The predicted molar refractivity (Wildman–Crippen MR) is 273 cm³/mol. The van der Waals surface area contributed by atoms with Crippen molar-refractivity contribution in [2.45, 2.75) is 24.7 Å². The van der Waals surface area contributed by atoms with Crippen LogP contribution in [-0.2, 0) is 10.8 Å². The summed E-state index contributed by atoms with van der Waals surface area (Å²) in [4.78, 5) is 10.6. The molecule has 0 atom stereocenters. The lowest BCUT2D eigenvalue weighted by molar-refractivity contribution is 0.661. The van der Waals surface area contributed by atoms with Gasteiger partial charge in [0.2, 0.25) is 0 Å². The summed E-state index contributed by atoms with van der Waals surface area (Å²) in [7, 11) is 0. The molecule has 0 saturated carbocycles. The van der Waals surface area contributed by atoms with Crippen LogP contribution in [0.1, 0.15) is 47.2 Å². The second-order valence-corrected chi connectivity index (χ2v) is 18.8. The Kier molecular flexibility index (Phi) is 7.70. The van der Waals surface area contributed by atoms with E-state index in [-0.39, 0.29) is 10.8 Å². The highest BCUT2D eigenvalue weighted by Crippen LogP contribution is 2.63. The summed E-state index contributed by atoms with van der Waals surface area (Å²) in [5.41, 5.74) is 22.9. The fourth-order valence-corrected chi connectivity index (χ4v) is 12.0. The van der Waals surface area contributed by atoms with Crippen LogP contribution in [0.25, 0.3) is 100.0 Å². The van der Waals surface area contributed by atoms with Crippen LogP contribution >= 0.6 is 0 Å². The molecule has 0 bridgehead atoms. The Balaban J connectivity index is 0.892. The summed E-state index contributed by atoms with van der Waals surface area (Å²) in [6.07, 6.45) is 0. The third kappa shape index (κ3) is 5.13. The maximum absolute atomic E-state index is 5.35. The number of nitrogens with zero attached hydrogens (tertiary/aromatic N) is 2. The van der Waals surface area contributed by atoms with Gasteiger partial charge in [-0.2, -0.15) is 0 Å². The molecule has 0 amide bonds. The van der Waals surface area contributed by atoms with E-state index in [1.807, 2.05) is 6.07 Å². The van der Waals surface area contributed by atoms with Crippen molar-refractivity contribution >= 4 is 21.5 Å². The molecule has 3 aliphatic carbocycles. The second-order valence-electron chi connectivity index (χ2n) is 18.8. The minimum absolute atomic E-state index is 0.153. The summed E-state index contributed by atoms with van der Waals surface area (Å²) in [6.45, 7) is 4.70. The molecule has 308 valence electrons. The van der Waals surface area contributed by atoms with Gasteiger partial charge in [-0.05, 0) is 136 Å². The van der Waals surface area contributed by atoms with E-state index in [1.54, 1.807) is 0 Å². The number of hydrogen-bond donors (Lipinski definition) is 0. The number of rotatable bonds is 4. The van der Waals surface area contributed by atoms with Gasteiger partial charge in [0.05, 0.1) is 16.8 Å². The van der Waals surface area contributed by atoms with E-state index >= 15 is 0 Å². The molecule has 2 heteroatoms. The first-order valence-electron chi connectivity index (χ1n) is 23.1. The zero-order valence-corrected chi connectivity index (χ0v) is 36.7. The molecular formula is C64H42N2. The van der Waals surface area contributed by atoms with Crippen molar-refractivity contribution < 1.29 is 0 Å². The third-order valence-electron chi connectivity index (χ3n) is 15.1. The maximum atomic E-state index is 5.35. The van der Waals surface area contributed by atoms with Crippen molar-refractivity contribution in [3.05, 3.63) is 252 Å². The van der Waals surface area contributed by atoms with E-state index in [2.05, 4.69) is 226 Å². The van der Waals surface area contributed by atoms with Crippen LogP contribution in [0, 0.1) is 0 Å². The molecule has 66 heavy (non-hydrogen) atoms. The van der Waals surface area contributed by atoms with Gasteiger partial charge >= 0.3 is 0 Å². The number of fused-ring (bicyclic) bond motifs is 15. The lowest BCUT2D eigenvalue weighted by Gasteiger charge is -2.30. The number of benzene rings is 10. The van der Waals surface area contributed by atoms with Crippen LogP contribution in [0.4, 0.5) is 0 Å². The molecule has 0 radical (unpaired) electrons. The first-order valence-corrected chi connectivity index (χ1v) is 23.1. The van der Waals surface area contributed by atoms with E-state index in [0.29, 0.717) is 0 Å². The quantitative estimate of drug-likeness (QED) is 0.176. The average Bonchev–Trinajstić information content (AvgIpc) is 3.93. The smallest absolute Gasteiger partial charge is 0.160 e. The summed E-state index contributed by atoms with van der Waals surface area (Å²) in [5, 5.41) is 4.88. The highest BCUT2D eigenvalue weighted by Gasteiger charge is 2.51. The highest BCUT2D eigenvalue weighted by atomic mass is 14.9.